The Morgan fingerprint density at radius 1 is 1.47 bits per heavy atom. The second kappa shape index (κ2) is 4.73. The summed E-state index contributed by atoms with van der Waals surface area (Å²) in [4.78, 5) is 9.15. The Bertz CT molecular complexity index is 411. The predicted molar refractivity (Wildman–Crippen MR) is 66.6 cm³/mol. The maximum absolute atomic E-state index is 9.35. The van der Waals surface area contributed by atoms with Crippen LogP contribution >= 0.6 is 11.3 Å². The number of thiazole rings is 1. The molecule has 0 aromatic carbocycles. The minimum Gasteiger partial charge on any atom is -0.298 e. The van der Waals surface area contributed by atoms with Gasteiger partial charge < -0.3 is 0 Å². The first kappa shape index (κ1) is 11.1. The number of hydrogen-bond donors (Lipinski definition) is 0. The topological polar surface area (TPSA) is 43.2 Å². The van der Waals surface area contributed by atoms with Crippen molar-refractivity contribution in [3.63, 3.8) is 0 Å². The van der Waals surface area contributed by atoms with E-state index in [9.17, 15) is 5.26 Å². The van der Waals surface area contributed by atoms with Gasteiger partial charge in [-0.2, -0.15) is 5.26 Å². The lowest BCUT2D eigenvalue weighted by molar-refractivity contribution is 0.0875. The Balaban J connectivity index is 1.73. The van der Waals surface area contributed by atoms with Gasteiger partial charge >= 0.3 is 0 Å². The fraction of sp³-hybridized carbons (Fsp3) is 0.667. The monoisotopic (exact) mass is 248 g/mol. The molecule has 1 aromatic heterocycles. The molecular weight excluding hydrogens is 232 g/mol. The van der Waals surface area contributed by atoms with Crippen LogP contribution in [0.4, 0.5) is 0 Å². The molecule has 17 heavy (non-hydrogen) atoms. The third-order valence-corrected chi connectivity index (χ3v) is 4.62. The summed E-state index contributed by atoms with van der Waals surface area (Å²) in [7, 11) is 0. The van der Waals surface area contributed by atoms with Gasteiger partial charge in [0.1, 0.15) is 5.01 Å². The van der Waals surface area contributed by atoms with Gasteiger partial charge in [0, 0.05) is 37.3 Å². The van der Waals surface area contributed by atoms with Crippen LogP contribution in [-0.2, 0) is 0 Å². The molecule has 0 N–H and O–H groups in total. The van der Waals surface area contributed by atoms with Gasteiger partial charge in [0.15, 0.2) is 6.04 Å². The van der Waals surface area contributed by atoms with Crippen molar-refractivity contribution in [1.29, 1.82) is 5.26 Å². The van der Waals surface area contributed by atoms with Gasteiger partial charge in [0.05, 0.1) is 6.07 Å². The number of fused-ring (bicyclic) bond motifs is 1. The number of rotatable bonds is 2. The molecule has 90 valence electrons. The van der Waals surface area contributed by atoms with Crippen LogP contribution < -0.4 is 0 Å². The van der Waals surface area contributed by atoms with Crippen LogP contribution in [-0.4, -0.2) is 47.0 Å². The smallest absolute Gasteiger partial charge is 0.150 e. The van der Waals surface area contributed by atoms with E-state index in [2.05, 4.69) is 20.9 Å². The summed E-state index contributed by atoms with van der Waals surface area (Å²) in [6.45, 7) is 4.37. The molecule has 4 nitrogen and oxygen atoms in total. The zero-order valence-electron chi connectivity index (χ0n) is 9.75. The third kappa shape index (κ3) is 2.08. The molecule has 0 radical (unpaired) electrons. The summed E-state index contributed by atoms with van der Waals surface area (Å²) >= 11 is 1.59. The van der Waals surface area contributed by atoms with Gasteiger partial charge in [-0.15, -0.1) is 11.3 Å². The molecule has 2 aliphatic heterocycles. The van der Waals surface area contributed by atoms with Gasteiger partial charge in [-0.3, -0.25) is 9.80 Å². The van der Waals surface area contributed by atoms with Crippen LogP contribution in [0.25, 0.3) is 0 Å². The minimum absolute atomic E-state index is 0.141. The summed E-state index contributed by atoms with van der Waals surface area (Å²) in [6.07, 6.45) is 4.38. The number of piperazine rings is 1. The van der Waals surface area contributed by atoms with E-state index < -0.39 is 0 Å². The van der Waals surface area contributed by atoms with Crippen LogP contribution in [0.2, 0.25) is 0 Å². The summed E-state index contributed by atoms with van der Waals surface area (Å²) in [6, 6.07) is 2.93. The lowest BCUT2D eigenvalue weighted by atomic mass is 10.1. The maximum atomic E-state index is 9.35. The van der Waals surface area contributed by atoms with E-state index in [0.717, 1.165) is 24.6 Å². The van der Waals surface area contributed by atoms with E-state index >= 15 is 0 Å². The Morgan fingerprint density at radius 2 is 2.41 bits per heavy atom. The molecule has 3 rings (SSSR count). The SMILES string of the molecule is N#CC(c1nccs1)N1CCN2CCCC2C1. The molecule has 0 aliphatic carbocycles. The van der Waals surface area contributed by atoms with Gasteiger partial charge in [0.25, 0.3) is 0 Å². The second-order valence-corrected chi connectivity index (χ2v) is 5.66. The largest absolute Gasteiger partial charge is 0.298 e. The van der Waals surface area contributed by atoms with Gasteiger partial charge in [-0.1, -0.05) is 0 Å². The molecule has 2 aliphatic rings. The molecule has 0 spiro atoms. The molecule has 1 aromatic rings. The van der Waals surface area contributed by atoms with Crippen molar-refractivity contribution >= 4 is 11.3 Å². The van der Waals surface area contributed by atoms with Crippen LogP contribution in [0.15, 0.2) is 11.6 Å². The molecule has 3 heterocycles. The van der Waals surface area contributed by atoms with Crippen molar-refractivity contribution in [2.75, 3.05) is 26.2 Å². The van der Waals surface area contributed by atoms with Gasteiger partial charge in [-0.25, -0.2) is 4.98 Å². The summed E-state index contributed by atoms with van der Waals surface area (Å²) in [5, 5.41) is 12.2. The highest BCUT2D eigenvalue weighted by Gasteiger charge is 2.34. The number of nitriles is 1. The van der Waals surface area contributed by atoms with Gasteiger partial charge in [-0.05, 0) is 19.4 Å². The molecule has 0 amide bonds. The molecule has 0 bridgehead atoms. The molecule has 2 fully saturated rings. The zero-order chi connectivity index (χ0) is 11.7. The highest BCUT2D eigenvalue weighted by Crippen LogP contribution is 2.28. The molecule has 0 saturated carbocycles. The first-order valence-electron chi connectivity index (χ1n) is 6.15. The van der Waals surface area contributed by atoms with E-state index in [-0.39, 0.29) is 6.04 Å². The Labute approximate surface area is 105 Å². The van der Waals surface area contributed by atoms with Gasteiger partial charge in [0.2, 0.25) is 0 Å². The van der Waals surface area contributed by atoms with Crippen molar-refractivity contribution in [3.05, 3.63) is 16.6 Å². The summed E-state index contributed by atoms with van der Waals surface area (Å²) < 4.78 is 0. The van der Waals surface area contributed by atoms with Crippen molar-refractivity contribution in [1.82, 2.24) is 14.8 Å². The van der Waals surface area contributed by atoms with Crippen molar-refractivity contribution in [2.45, 2.75) is 24.9 Å². The third-order valence-electron chi connectivity index (χ3n) is 3.79. The first-order chi connectivity index (χ1) is 8.38. The normalized spacial score (nSPS) is 27.6. The highest BCUT2D eigenvalue weighted by molar-refractivity contribution is 7.09. The molecule has 2 saturated heterocycles. The first-order valence-corrected chi connectivity index (χ1v) is 7.03. The van der Waals surface area contributed by atoms with E-state index in [1.807, 2.05) is 5.38 Å². The average Bonchev–Trinajstić information content (AvgIpc) is 2.99. The molecular formula is C12H16N4S. The van der Waals surface area contributed by atoms with E-state index in [4.69, 9.17) is 0 Å². The number of hydrogen-bond acceptors (Lipinski definition) is 5. The summed E-state index contributed by atoms with van der Waals surface area (Å²) in [5.41, 5.74) is 0. The van der Waals surface area contributed by atoms with E-state index in [1.54, 1.807) is 17.5 Å². The van der Waals surface area contributed by atoms with E-state index in [1.165, 1.54) is 19.4 Å². The Kier molecular flexibility index (Phi) is 3.10. The van der Waals surface area contributed by atoms with Crippen LogP contribution in [0.3, 0.4) is 0 Å². The Morgan fingerprint density at radius 3 is 3.18 bits per heavy atom. The second-order valence-electron chi connectivity index (χ2n) is 4.73. The lowest BCUT2D eigenvalue weighted by Gasteiger charge is -2.38. The standard InChI is InChI=1S/C12H16N4S/c13-8-11(12-14-3-7-17-12)16-6-5-15-4-1-2-10(15)9-16/h3,7,10-11H,1-2,4-6,9H2. The number of aromatic nitrogens is 1. The quantitative estimate of drug-likeness (QED) is 0.795. The van der Waals surface area contributed by atoms with Crippen LogP contribution in [0.5, 0.6) is 0 Å². The molecule has 2 atom stereocenters. The zero-order valence-corrected chi connectivity index (χ0v) is 10.6. The molecule has 5 heteroatoms. The van der Waals surface area contributed by atoms with E-state index in [0.29, 0.717) is 6.04 Å². The van der Waals surface area contributed by atoms with Crippen molar-refractivity contribution < 1.29 is 0 Å². The maximum Gasteiger partial charge on any atom is 0.150 e. The van der Waals surface area contributed by atoms with Crippen LogP contribution in [0, 0.1) is 11.3 Å². The number of nitrogens with zero attached hydrogens (tertiary/aromatic N) is 4. The molecule has 2 unspecified atom stereocenters. The Hall–Kier alpha value is -0.960. The van der Waals surface area contributed by atoms with Crippen molar-refractivity contribution in [3.8, 4) is 6.07 Å². The fourth-order valence-electron chi connectivity index (χ4n) is 2.91. The summed E-state index contributed by atoms with van der Waals surface area (Å²) in [5.74, 6) is 0. The average molecular weight is 248 g/mol. The predicted octanol–water partition coefficient (Wildman–Crippen LogP) is 1.49. The van der Waals surface area contributed by atoms with Crippen LogP contribution in [0.1, 0.15) is 23.9 Å². The lowest BCUT2D eigenvalue weighted by Crippen LogP contribution is -2.50. The fourth-order valence-corrected chi connectivity index (χ4v) is 3.63. The minimum atomic E-state index is -0.141. The highest BCUT2D eigenvalue weighted by atomic mass is 32.1. The van der Waals surface area contributed by atoms with Crippen molar-refractivity contribution in [2.24, 2.45) is 0 Å².